The Hall–Kier alpha value is -5.34. The molecule has 0 fully saturated rings. The number of rotatable bonds is 3. The van der Waals surface area contributed by atoms with Crippen LogP contribution >= 0.6 is 0 Å². The highest BCUT2D eigenvalue weighted by atomic mass is 16.3. The van der Waals surface area contributed by atoms with E-state index >= 15 is 0 Å². The molecular formula is C42H21B5O. The van der Waals surface area contributed by atoms with Gasteiger partial charge in [-0.2, -0.15) is 0 Å². The molecule has 0 atom stereocenters. The topological polar surface area (TPSA) is 13.1 Å². The molecule has 9 aromatic rings. The zero-order chi connectivity index (χ0) is 32.7. The van der Waals surface area contributed by atoms with Crippen LogP contribution in [0.2, 0.25) is 0 Å². The van der Waals surface area contributed by atoms with Crippen LogP contribution < -0.4 is 27.3 Å². The monoisotopic (exact) mass is 596 g/mol. The van der Waals surface area contributed by atoms with Crippen LogP contribution in [0.4, 0.5) is 0 Å². The third kappa shape index (κ3) is 4.12. The van der Waals surface area contributed by atoms with Crippen molar-refractivity contribution in [2.24, 2.45) is 0 Å². The molecule has 48 heavy (non-hydrogen) atoms. The predicted molar refractivity (Wildman–Crippen MR) is 209 cm³/mol. The SMILES string of the molecule is [B]c1c([B])c([B])c(-c2cccc(-c3c4ccccc4c(-c4cccc5oc6c7ccccc7ccc6c45)c4ccccc34)c2)c([B])c1[B]. The van der Waals surface area contributed by atoms with Crippen LogP contribution in [-0.2, 0) is 0 Å². The third-order valence-electron chi connectivity index (χ3n) is 9.73. The number of hydrogen-bond acceptors (Lipinski definition) is 1. The van der Waals surface area contributed by atoms with Crippen LogP contribution in [0, 0.1) is 0 Å². The van der Waals surface area contributed by atoms with Gasteiger partial charge in [-0.3, -0.25) is 0 Å². The minimum absolute atomic E-state index is 0.200. The van der Waals surface area contributed by atoms with E-state index in [-0.39, 0.29) is 16.4 Å². The van der Waals surface area contributed by atoms with Gasteiger partial charge in [0.15, 0.2) is 0 Å². The second kappa shape index (κ2) is 10.9. The Morgan fingerprint density at radius 3 is 1.54 bits per heavy atom. The zero-order valence-corrected chi connectivity index (χ0v) is 25.9. The minimum Gasteiger partial charge on any atom is -0.455 e. The molecule has 0 spiro atoms. The van der Waals surface area contributed by atoms with Gasteiger partial charge in [-0.15, -0.1) is 16.4 Å². The van der Waals surface area contributed by atoms with E-state index in [1.165, 1.54) is 0 Å². The average Bonchev–Trinajstić information content (AvgIpc) is 3.52. The van der Waals surface area contributed by atoms with Crippen molar-refractivity contribution in [1.82, 2.24) is 0 Å². The lowest BCUT2D eigenvalue weighted by Gasteiger charge is -2.22. The van der Waals surface area contributed by atoms with Crippen LogP contribution in [0.15, 0.2) is 132 Å². The fourth-order valence-electron chi connectivity index (χ4n) is 7.48. The van der Waals surface area contributed by atoms with Crippen LogP contribution in [0.3, 0.4) is 0 Å². The van der Waals surface area contributed by atoms with Gasteiger partial charge in [-0.25, -0.2) is 0 Å². The molecular weight excluding hydrogens is 575 g/mol. The molecule has 8 aromatic carbocycles. The van der Waals surface area contributed by atoms with Gasteiger partial charge in [0.05, 0.1) is 0 Å². The highest BCUT2D eigenvalue weighted by molar-refractivity contribution is 6.68. The molecule has 0 amide bonds. The fraction of sp³-hybridized carbons (Fsp3) is 0. The maximum Gasteiger partial charge on any atom is 0.143 e. The molecule has 0 N–H and O–H groups in total. The Balaban J connectivity index is 1.36. The Morgan fingerprint density at radius 1 is 0.375 bits per heavy atom. The van der Waals surface area contributed by atoms with Gasteiger partial charge in [-0.05, 0) is 78.5 Å². The largest absolute Gasteiger partial charge is 0.455 e. The Morgan fingerprint density at radius 2 is 0.896 bits per heavy atom. The summed E-state index contributed by atoms with van der Waals surface area (Å²) < 4.78 is 6.60. The van der Waals surface area contributed by atoms with Gasteiger partial charge in [0.1, 0.15) is 50.4 Å². The van der Waals surface area contributed by atoms with E-state index in [2.05, 4.69) is 115 Å². The Labute approximate surface area is 285 Å². The van der Waals surface area contributed by atoms with Crippen LogP contribution in [0.5, 0.6) is 0 Å². The highest BCUT2D eigenvalue weighted by Gasteiger charge is 2.21. The first-order valence-electron chi connectivity index (χ1n) is 15.8. The molecule has 0 unspecified atom stereocenters. The summed E-state index contributed by atoms with van der Waals surface area (Å²) in [6, 6.07) is 44.4. The van der Waals surface area contributed by atoms with Gasteiger partial charge < -0.3 is 4.42 Å². The molecule has 0 aliphatic rings. The molecule has 1 nitrogen and oxygen atoms in total. The zero-order valence-electron chi connectivity index (χ0n) is 25.9. The maximum absolute atomic E-state index is 6.60. The number of benzene rings is 8. The summed E-state index contributed by atoms with van der Waals surface area (Å²) in [6.45, 7) is 0. The van der Waals surface area contributed by atoms with Crippen molar-refractivity contribution in [3.8, 4) is 33.4 Å². The van der Waals surface area contributed by atoms with E-state index in [9.17, 15) is 0 Å². The average molecular weight is 596 g/mol. The van der Waals surface area contributed by atoms with Crippen molar-refractivity contribution in [1.29, 1.82) is 0 Å². The lowest BCUT2D eigenvalue weighted by Crippen LogP contribution is -2.55. The second-order valence-corrected chi connectivity index (χ2v) is 12.3. The molecule has 10 radical (unpaired) electrons. The first-order chi connectivity index (χ1) is 23.4. The quantitative estimate of drug-likeness (QED) is 0.180. The van der Waals surface area contributed by atoms with Gasteiger partial charge in [-0.1, -0.05) is 120 Å². The van der Waals surface area contributed by atoms with Crippen LogP contribution in [0.25, 0.3) is 87.6 Å². The van der Waals surface area contributed by atoms with Gasteiger partial charge in [0.2, 0.25) is 0 Å². The molecule has 1 heterocycles. The first-order valence-corrected chi connectivity index (χ1v) is 15.8. The number of hydrogen-bond donors (Lipinski definition) is 0. The molecule has 0 aliphatic heterocycles. The second-order valence-electron chi connectivity index (χ2n) is 12.3. The third-order valence-corrected chi connectivity index (χ3v) is 9.73. The van der Waals surface area contributed by atoms with E-state index in [0.29, 0.717) is 16.5 Å². The summed E-state index contributed by atoms with van der Waals surface area (Å²) in [6.07, 6.45) is 0. The van der Waals surface area contributed by atoms with Crippen LogP contribution in [-0.4, -0.2) is 39.2 Å². The first kappa shape index (κ1) is 28.9. The number of furan rings is 1. The smallest absolute Gasteiger partial charge is 0.143 e. The molecule has 1 aromatic heterocycles. The van der Waals surface area contributed by atoms with Gasteiger partial charge in [0.25, 0.3) is 0 Å². The summed E-state index contributed by atoms with van der Waals surface area (Å²) in [5.74, 6) is 0. The highest BCUT2D eigenvalue weighted by Crippen LogP contribution is 2.47. The molecule has 9 rings (SSSR count). The molecule has 6 heteroatoms. The molecule has 0 bridgehead atoms. The van der Waals surface area contributed by atoms with E-state index in [1.54, 1.807) is 0 Å². The lowest BCUT2D eigenvalue weighted by molar-refractivity contribution is 0.673. The summed E-state index contributed by atoms with van der Waals surface area (Å²) in [7, 11) is 31.6. The minimum atomic E-state index is 0.200. The summed E-state index contributed by atoms with van der Waals surface area (Å²) in [5.41, 5.74) is 8.85. The summed E-state index contributed by atoms with van der Waals surface area (Å²) >= 11 is 0. The number of fused-ring (bicyclic) bond motifs is 7. The molecule has 210 valence electrons. The van der Waals surface area contributed by atoms with E-state index in [4.69, 9.17) is 43.6 Å². The normalized spacial score (nSPS) is 11.8. The van der Waals surface area contributed by atoms with E-state index in [0.717, 1.165) is 82.1 Å². The van der Waals surface area contributed by atoms with Crippen molar-refractivity contribution < 1.29 is 4.42 Å². The molecule has 0 aliphatic carbocycles. The standard InChI is InChI=1S/C42H21B5O/c43-37-34(38(44)40(46)41(47)39(37)45)24-11-7-10-23(21-24)33-26-13-3-5-15-28(26)35(29-16-6-4-14-27(29)33)30-17-8-18-32-36(30)31-20-19-22-9-1-2-12-25(22)42(31)48-32/h1-21H. The Kier molecular flexibility index (Phi) is 6.53. The van der Waals surface area contributed by atoms with Crippen molar-refractivity contribution in [3.05, 3.63) is 127 Å². The predicted octanol–water partition coefficient (Wildman–Crippen LogP) is 6.02. The fourth-order valence-corrected chi connectivity index (χ4v) is 7.48. The van der Waals surface area contributed by atoms with Gasteiger partial charge in [0, 0.05) is 16.2 Å². The molecule has 0 saturated heterocycles. The van der Waals surface area contributed by atoms with Crippen molar-refractivity contribution >= 4 is 121 Å². The van der Waals surface area contributed by atoms with Crippen LogP contribution in [0.1, 0.15) is 0 Å². The van der Waals surface area contributed by atoms with Gasteiger partial charge >= 0.3 is 0 Å². The van der Waals surface area contributed by atoms with E-state index < -0.39 is 0 Å². The summed E-state index contributed by atoms with van der Waals surface area (Å²) in [5, 5.41) is 8.98. The summed E-state index contributed by atoms with van der Waals surface area (Å²) in [4.78, 5) is 0. The maximum atomic E-state index is 6.60. The van der Waals surface area contributed by atoms with Crippen molar-refractivity contribution in [2.75, 3.05) is 0 Å². The Bertz CT molecular complexity index is 2710. The lowest BCUT2D eigenvalue weighted by atomic mass is 9.59. The van der Waals surface area contributed by atoms with Crippen molar-refractivity contribution in [2.45, 2.75) is 0 Å². The van der Waals surface area contributed by atoms with Crippen molar-refractivity contribution in [3.63, 3.8) is 0 Å². The van der Waals surface area contributed by atoms with E-state index in [1.807, 2.05) is 12.1 Å². The molecule has 0 saturated carbocycles.